The molecule has 0 radical (unpaired) electrons. The van der Waals surface area contributed by atoms with Crippen LogP contribution in [0, 0.1) is 17.8 Å². The van der Waals surface area contributed by atoms with Gasteiger partial charge in [-0.05, 0) is 79.9 Å². The van der Waals surface area contributed by atoms with Gasteiger partial charge in [0, 0.05) is 11.6 Å². The van der Waals surface area contributed by atoms with Crippen LogP contribution in [-0.2, 0) is 9.53 Å². The molecule has 2 heterocycles. The van der Waals surface area contributed by atoms with E-state index in [1.54, 1.807) is 22.1 Å². The SMILES string of the molecule is O=C(COC(=O)c1cc(-c2cccs2)nn1-c1ccccc1)NC12CC3CC(CC(C3)C1)C2. The second kappa shape index (κ2) is 8.13. The van der Waals surface area contributed by atoms with E-state index < -0.39 is 5.97 Å². The summed E-state index contributed by atoms with van der Waals surface area (Å²) in [6, 6.07) is 15.2. The van der Waals surface area contributed by atoms with Crippen LogP contribution in [-0.4, -0.2) is 33.8 Å². The van der Waals surface area contributed by atoms with E-state index in [-0.39, 0.29) is 18.1 Å². The Labute approximate surface area is 197 Å². The number of para-hydroxylation sites is 1. The lowest BCUT2D eigenvalue weighted by Gasteiger charge is -2.56. The number of carbonyl (C=O) groups excluding carboxylic acids is 2. The van der Waals surface area contributed by atoms with Gasteiger partial charge in [-0.3, -0.25) is 4.79 Å². The predicted molar refractivity (Wildman–Crippen MR) is 126 cm³/mol. The second-order valence-corrected chi connectivity index (χ2v) is 10.9. The Bertz CT molecular complexity index is 1130. The number of hydrogen-bond acceptors (Lipinski definition) is 5. The molecule has 170 valence electrons. The van der Waals surface area contributed by atoms with Crippen molar-refractivity contribution in [1.82, 2.24) is 15.1 Å². The number of aromatic nitrogens is 2. The van der Waals surface area contributed by atoms with Crippen LogP contribution in [0.15, 0.2) is 53.9 Å². The first-order valence-corrected chi connectivity index (χ1v) is 12.6. The summed E-state index contributed by atoms with van der Waals surface area (Å²) in [6.45, 7) is -0.269. The van der Waals surface area contributed by atoms with Crippen molar-refractivity contribution in [3.8, 4) is 16.3 Å². The lowest BCUT2D eigenvalue weighted by atomic mass is 9.53. The molecule has 2 aromatic heterocycles. The van der Waals surface area contributed by atoms with Crippen LogP contribution in [0.3, 0.4) is 0 Å². The number of benzene rings is 1. The Kier molecular flexibility index (Phi) is 5.09. The van der Waals surface area contributed by atoms with Gasteiger partial charge in [0.2, 0.25) is 0 Å². The molecule has 3 aromatic rings. The zero-order valence-electron chi connectivity index (χ0n) is 18.4. The van der Waals surface area contributed by atoms with Crippen LogP contribution < -0.4 is 5.32 Å². The molecule has 4 fully saturated rings. The van der Waals surface area contributed by atoms with Gasteiger partial charge in [-0.15, -0.1) is 11.3 Å². The smallest absolute Gasteiger partial charge is 0.357 e. The molecule has 7 rings (SSSR count). The standard InChI is InChI=1S/C26H27N3O3S/c30-24(27-26-13-17-9-18(14-26)11-19(10-17)15-26)16-32-25(31)22-12-21(23-7-4-8-33-23)28-29(22)20-5-2-1-3-6-20/h1-8,12,17-19H,9-11,13-16H2,(H,27,30). The molecule has 6 nitrogen and oxygen atoms in total. The largest absolute Gasteiger partial charge is 0.451 e. The van der Waals surface area contributed by atoms with Gasteiger partial charge >= 0.3 is 5.97 Å². The molecule has 0 saturated heterocycles. The van der Waals surface area contributed by atoms with Crippen molar-refractivity contribution < 1.29 is 14.3 Å². The first kappa shape index (κ1) is 20.7. The quantitative estimate of drug-likeness (QED) is 0.533. The summed E-state index contributed by atoms with van der Waals surface area (Å²) in [6.07, 6.45) is 7.18. The number of amides is 1. The molecule has 4 aliphatic rings. The van der Waals surface area contributed by atoms with Gasteiger partial charge in [-0.2, -0.15) is 5.10 Å². The third-order valence-electron chi connectivity index (χ3n) is 7.47. The molecule has 0 atom stereocenters. The summed E-state index contributed by atoms with van der Waals surface area (Å²) in [5.74, 6) is 1.49. The van der Waals surface area contributed by atoms with E-state index in [0.29, 0.717) is 11.4 Å². The number of nitrogens with one attached hydrogen (secondary N) is 1. The first-order valence-electron chi connectivity index (χ1n) is 11.7. The van der Waals surface area contributed by atoms with Crippen LogP contribution in [0.1, 0.15) is 49.0 Å². The Hall–Kier alpha value is -2.93. The van der Waals surface area contributed by atoms with Crippen molar-refractivity contribution in [2.75, 3.05) is 6.61 Å². The lowest BCUT2D eigenvalue weighted by molar-refractivity contribution is -0.130. The molecule has 4 bridgehead atoms. The molecule has 1 amide bonds. The highest BCUT2D eigenvalue weighted by Gasteiger charge is 2.51. The van der Waals surface area contributed by atoms with E-state index in [9.17, 15) is 9.59 Å². The molecule has 1 N–H and O–H groups in total. The maximum atomic E-state index is 13.0. The Morgan fingerprint density at radius 3 is 2.36 bits per heavy atom. The zero-order chi connectivity index (χ0) is 22.4. The minimum absolute atomic E-state index is 0.0869. The maximum Gasteiger partial charge on any atom is 0.357 e. The average Bonchev–Trinajstić information content (AvgIpc) is 3.47. The van der Waals surface area contributed by atoms with Crippen molar-refractivity contribution in [3.05, 3.63) is 59.6 Å². The van der Waals surface area contributed by atoms with E-state index in [0.717, 1.165) is 47.6 Å². The van der Waals surface area contributed by atoms with Crippen LogP contribution in [0.5, 0.6) is 0 Å². The van der Waals surface area contributed by atoms with E-state index in [2.05, 4.69) is 10.4 Å². The number of hydrogen-bond donors (Lipinski definition) is 1. The first-order chi connectivity index (χ1) is 16.1. The summed E-state index contributed by atoms with van der Waals surface area (Å²) >= 11 is 1.56. The second-order valence-electron chi connectivity index (χ2n) is 9.96. The van der Waals surface area contributed by atoms with Crippen molar-refractivity contribution in [2.24, 2.45) is 17.8 Å². The molecular formula is C26H27N3O3S. The number of nitrogens with zero attached hydrogens (tertiary/aromatic N) is 2. The van der Waals surface area contributed by atoms with Gasteiger partial charge in [0.05, 0.1) is 10.6 Å². The highest BCUT2D eigenvalue weighted by atomic mass is 32.1. The van der Waals surface area contributed by atoms with E-state index >= 15 is 0 Å². The molecule has 4 aliphatic carbocycles. The van der Waals surface area contributed by atoms with Gasteiger partial charge < -0.3 is 10.1 Å². The maximum absolute atomic E-state index is 13.0. The fourth-order valence-electron chi connectivity index (χ4n) is 6.64. The Balaban J connectivity index is 1.17. The number of thiophene rings is 1. The van der Waals surface area contributed by atoms with Crippen LogP contribution >= 0.6 is 11.3 Å². The third kappa shape index (κ3) is 3.99. The van der Waals surface area contributed by atoms with Gasteiger partial charge in [0.15, 0.2) is 12.3 Å². The normalized spacial score (nSPS) is 27.5. The highest BCUT2D eigenvalue weighted by molar-refractivity contribution is 7.13. The monoisotopic (exact) mass is 461 g/mol. The van der Waals surface area contributed by atoms with E-state index in [1.807, 2.05) is 47.8 Å². The van der Waals surface area contributed by atoms with Gasteiger partial charge in [-0.1, -0.05) is 24.3 Å². The molecular weight excluding hydrogens is 434 g/mol. The minimum Gasteiger partial charge on any atom is -0.451 e. The number of esters is 1. The Morgan fingerprint density at radius 1 is 1.03 bits per heavy atom. The molecule has 0 unspecified atom stereocenters. The summed E-state index contributed by atoms with van der Waals surface area (Å²) in [4.78, 5) is 26.8. The Morgan fingerprint density at radius 2 is 1.73 bits per heavy atom. The number of rotatable bonds is 6. The topological polar surface area (TPSA) is 73.2 Å². The predicted octanol–water partition coefficient (Wildman–Crippen LogP) is 4.84. The molecule has 0 spiro atoms. The average molecular weight is 462 g/mol. The van der Waals surface area contributed by atoms with Crippen molar-refractivity contribution >= 4 is 23.2 Å². The molecule has 33 heavy (non-hydrogen) atoms. The minimum atomic E-state index is -0.546. The van der Waals surface area contributed by atoms with Crippen molar-refractivity contribution in [3.63, 3.8) is 0 Å². The third-order valence-corrected chi connectivity index (χ3v) is 8.36. The number of carbonyl (C=O) groups is 2. The summed E-state index contributed by atoms with van der Waals surface area (Å²) in [5.41, 5.74) is 1.70. The highest BCUT2D eigenvalue weighted by Crippen LogP contribution is 2.55. The van der Waals surface area contributed by atoms with E-state index in [4.69, 9.17) is 4.74 Å². The van der Waals surface area contributed by atoms with Crippen LogP contribution in [0.2, 0.25) is 0 Å². The van der Waals surface area contributed by atoms with Gasteiger partial charge in [0.25, 0.3) is 5.91 Å². The fraction of sp³-hybridized carbons (Fsp3) is 0.423. The summed E-state index contributed by atoms with van der Waals surface area (Å²) in [5, 5.41) is 9.89. The molecule has 1 aromatic carbocycles. The van der Waals surface area contributed by atoms with Crippen molar-refractivity contribution in [2.45, 2.75) is 44.1 Å². The lowest BCUT2D eigenvalue weighted by Crippen LogP contribution is -2.60. The zero-order valence-corrected chi connectivity index (χ0v) is 19.2. The molecule has 4 saturated carbocycles. The van der Waals surface area contributed by atoms with Gasteiger partial charge in [-0.25, -0.2) is 9.48 Å². The van der Waals surface area contributed by atoms with Crippen LogP contribution in [0.4, 0.5) is 0 Å². The molecule has 7 heteroatoms. The summed E-state index contributed by atoms with van der Waals surface area (Å²) in [7, 11) is 0. The van der Waals surface area contributed by atoms with Crippen LogP contribution in [0.25, 0.3) is 16.3 Å². The molecule has 0 aliphatic heterocycles. The number of ether oxygens (including phenoxy) is 1. The van der Waals surface area contributed by atoms with Gasteiger partial charge in [0.1, 0.15) is 5.69 Å². The van der Waals surface area contributed by atoms with E-state index in [1.165, 1.54) is 19.3 Å². The summed E-state index contributed by atoms with van der Waals surface area (Å²) < 4.78 is 7.08. The fourth-order valence-corrected chi connectivity index (χ4v) is 7.32. The van der Waals surface area contributed by atoms with Crippen molar-refractivity contribution in [1.29, 1.82) is 0 Å².